The molecule has 0 saturated heterocycles. The minimum absolute atomic E-state index is 0.103. The number of nitrogens with zero attached hydrogens (tertiary/aromatic N) is 2. The molecule has 29 heavy (non-hydrogen) atoms. The maximum Gasteiger partial charge on any atom is 0.405 e. The molecule has 6 nitrogen and oxygen atoms in total. The Morgan fingerprint density at radius 2 is 1.83 bits per heavy atom. The van der Waals surface area contributed by atoms with Gasteiger partial charge in [-0.05, 0) is 41.8 Å². The molecule has 1 aromatic heterocycles. The predicted octanol–water partition coefficient (Wildman–Crippen LogP) is 2.17. The van der Waals surface area contributed by atoms with Crippen molar-refractivity contribution in [2.24, 2.45) is 0 Å². The molecule has 154 valence electrons. The van der Waals surface area contributed by atoms with Gasteiger partial charge in [0.05, 0.1) is 0 Å². The summed E-state index contributed by atoms with van der Waals surface area (Å²) in [5, 5.41) is 1.73. The zero-order valence-corrected chi connectivity index (χ0v) is 15.3. The molecule has 1 aliphatic heterocycles. The second-order valence-electron chi connectivity index (χ2n) is 6.65. The number of carbonyl (C=O) groups is 2. The van der Waals surface area contributed by atoms with Crippen LogP contribution in [-0.2, 0) is 17.8 Å². The molecule has 2 aromatic rings. The summed E-state index contributed by atoms with van der Waals surface area (Å²) in [7, 11) is 0. The molecule has 1 aliphatic rings. The van der Waals surface area contributed by atoms with Gasteiger partial charge < -0.3 is 10.2 Å². The van der Waals surface area contributed by atoms with Gasteiger partial charge in [0, 0.05) is 31.9 Å². The summed E-state index contributed by atoms with van der Waals surface area (Å²) < 4.78 is 51.9. The quantitative estimate of drug-likeness (QED) is 0.787. The lowest BCUT2D eigenvalue weighted by Gasteiger charge is -2.29. The van der Waals surface area contributed by atoms with Crippen LogP contribution >= 0.6 is 0 Å². The number of amides is 2. The summed E-state index contributed by atoms with van der Waals surface area (Å²) in [5.41, 5.74) is -0.201. The number of aromatic nitrogens is 1. The number of fused-ring (bicyclic) bond motifs is 1. The van der Waals surface area contributed by atoms with E-state index < -0.39 is 35.6 Å². The van der Waals surface area contributed by atoms with Crippen molar-refractivity contribution in [3.05, 3.63) is 63.3 Å². The molecule has 0 spiro atoms. The van der Waals surface area contributed by atoms with Crippen LogP contribution in [0.2, 0.25) is 0 Å². The fourth-order valence-electron chi connectivity index (χ4n) is 3.22. The first-order valence-corrected chi connectivity index (χ1v) is 8.70. The number of rotatable bonds is 3. The smallest absolute Gasteiger partial charge is 0.343 e. The lowest BCUT2D eigenvalue weighted by Crippen LogP contribution is -2.42. The van der Waals surface area contributed by atoms with Gasteiger partial charge in [-0.3, -0.25) is 19.0 Å². The number of pyridine rings is 1. The first-order valence-electron chi connectivity index (χ1n) is 8.70. The normalized spacial score (nSPS) is 13.8. The monoisotopic (exact) mass is 411 g/mol. The molecule has 3 rings (SSSR count). The summed E-state index contributed by atoms with van der Waals surface area (Å²) >= 11 is 0. The van der Waals surface area contributed by atoms with E-state index in [1.54, 1.807) is 5.32 Å². The van der Waals surface area contributed by atoms with Crippen LogP contribution in [0.1, 0.15) is 28.4 Å². The number of carbonyl (C=O) groups excluding carboxylic acids is 2. The average molecular weight is 411 g/mol. The van der Waals surface area contributed by atoms with E-state index in [1.165, 1.54) is 30.2 Å². The summed E-state index contributed by atoms with van der Waals surface area (Å²) in [5.74, 6) is -1.89. The highest BCUT2D eigenvalue weighted by Crippen LogP contribution is 2.23. The Labute approximate surface area is 162 Å². The summed E-state index contributed by atoms with van der Waals surface area (Å²) in [6, 6.07) is 4.86. The van der Waals surface area contributed by atoms with E-state index in [0.717, 1.165) is 16.7 Å². The maximum atomic E-state index is 13.2. The Balaban J connectivity index is 2.12. The lowest BCUT2D eigenvalue weighted by molar-refractivity contribution is -0.129. The van der Waals surface area contributed by atoms with Crippen LogP contribution in [0.5, 0.6) is 0 Å². The van der Waals surface area contributed by atoms with Crippen molar-refractivity contribution in [1.29, 1.82) is 0 Å². The van der Waals surface area contributed by atoms with E-state index >= 15 is 0 Å². The van der Waals surface area contributed by atoms with Crippen molar-refractivity contribution >= 4 is 11.8 Å². The molecule has 0 unspecified atom stereocenters. The van der Waals surface area contributed by atoms with Crippen molar-refractivity contribution in [1.82, 2.24) is 14.8 Å². The highest BCUT2D eigenvalue weighted by molar-refractivity contribution is 5.96. The molecule has 0 atom stereocenters. The number of hydrogen-bond donors (Lipinski definition) is 1. The first-order chi connectivity index (χ1) is 13.6. The zero-order chi connectivity index (χ0) is 21.3. The molecule has 2 heterocycles. The third-order valence-corrected chi connectivity index (χ3v) is 4.63. The van der Waals surface area contributed by atoms with Crippen molar-refractivity contribution in [3.8, 4) is 5.69 Å². The second-order valence-corrected chi connectivity index (χ2v) is 6.65. The lowest BCUT2D eigenvalue weighted by atomic mass is 9.95. The van der Waals surface area contributed by atoms with E-state index in [0.29, 0.717) is 11.1 Å². The molecule has 1 N–H and O–H groups in total. The fourth-order valence-corrected chi connectivity index (χ4v) is 3.22. The summed E-state index contributed by atoms with van der Waals surface area (Å²) in [6.45, 7) is 0.135. The Bertz CT molecular complexity index is 1010. The largest absolute Gasteiger partial charge is 0.405 e. The number of nitrogens with one attached hydrogen (secondary N) is 1. The molecule has 2 amide bonds. The van der Waals surface area contributed by atoms with Crippen LogP contribution in [0.15, 0.2) is 35.3 Å². The van der Waals surface area contributed by atoms with Crippen LogP contribution < -0.4 is 10.9 Å². The number of hydrogen-bond acceptors (Lipinski definition) is 3. The third kappa shape index (κ3) is 4.47. The molecule has 1 aromatic carbocycles. The van der Waals surface area contributed by atoms with Crippen LogP contribution in [0.3, 0.4) is 0 Å². The summed E-state index contributed by atoms with van der Waals surface area (Å²) in [4.78, 5) is 38.6. The number of halogens is 4. The summed E-state index contributed by atoms with van der Waals surface area (Å²) in [6.07, 6.45) is -3.05. The highest BCUT2D eigenvalue weighted by Gasteiger charge is 2.31. The van der Waals surface area contributed by atoms with Gasteiger partial charge >= 0.3 is 6.18 Å². The molecular formula is C19H17F4N3O3. The number of benzene rings is 1. The Hall–Kier alpha value is -3.17. The minimum Gasteiger partial charge on any atom is -0.343 e. The van der Waals surface area contributed by atoms with E-state index in [1.807, 2.05) is 0 Å². The first kappa shape index (κ1) is 20.6. The van der Waals surface area contributed by atoms with Crippen molar-refractivity contribution in [2.45, 2.75) is 26.1 Å². The molecule has 0 aliphatic carbocycles. The van der Waals surface area contributed by atoms with Crippen LogP contribution in [0.25, 0.3) is 5.69 Å². The fraction of sp³-hybridized carbons (Fsp3) is 0.316. The van der Waals surface area contributed by atoms with Crippen LogP contribution in [0, 0.1) is 5.82 Å². The van der Waals surface area contributed by atoms with Crippen molar-refractivity contribution < 1.29 is 27.2 Å². The molecule has 0 saturated carbocycles. The Morgan fingerprint density at radius 1 is 1.17 bits per heavy atom. The van der Waals surface area contributed by atoms with Gasteiger partial charge in [-0.2, -0.15) is 13.2 Å². The van der Waals surface area contributed by atoms with Gasteiger partial charge in [0.15, 0.2) is 0 Å². The minimum atomic E-state index is -4.63. The Kier molecular flexibility index (Phi) is 5.45. The van der Waals surface area contributed by atoms with Crippen LogP contribution in [0.4, 0.5) is 17.6 Å². The van der Waals surface area contributed by atoms with Crippen LogP contribution in [-0.4, -0.2) is 40.5 Å². The van der Waals surface area contributed by atoms with Gasteiger partial charge in [-0.1, -0.05) is 0 Å². The van der Waals surface area contributed by atoms with E-state index in [2.05, 4.69) is 0 Å². The van der Waals surface area contributed by atoms with Gasteiger partial charge in [-0.15, -0.1) is 0 Å². The zero-order valence-electron chi connectivity index (χ0n) is 15.3. The molecule has 0 bridgehead atoms. The predicted molar refractivity (Wildman–Crippen MR) is 95.2 cm³/mol. The highest BCUT2D eigenvalue weighted by atomic mass is 19.4. The van der Waals surface area contributed by atoms with E-state index in [9.17, 15) is 31.9 Å². The molecule has 10 heteroatoms. The average Bonchev–Trinajstić information content (AvgIpc) is 2.65. The number of alkyl halides is 3. The van der Waals surface area contributed by atoms with E-state index in [-0.39, 0.29) is 31.1 Å². The van der Waals surface area contributed by atoms with Gasteiger partial charge in [0.2, 0.25) is 5.91 Å². The van der Waals surface area contributed by atoms with Gasteiger partial charge in [-0.25, -0.2) is 4.39 Å². The van der Waals surface area contributed by atoms with Gasteiger partial charge in [0.25, 0.3) is 11.5 Å². The van der Waals surface area contributed by atoms with Crippen molar-refractivity contribution in [3.63, 3.8) is 0 Å². The van der Waals surface area contributed by atoms with Crippen molar-refractivity contribution in [2.75, 3.05) is 13.1 Å². The standard InChI is InChI=1S/C19H17F4N3O3/c1-11(27)25-7-6-15-12(8-25)9-26(14-4-2-13(20)3-5-14)18(29)16(15)17(28)24-10-19(21,22)23/h2-5,9H,6-8,10H2,1H3,(H,24,28). The molecule has 0 fully saturated rings. The second kappa shape index (κ2) is 7.69. The van der Waals surface area contributed by atoms with E-state index in [4.69, 9.17) is 0 Å². The third-order valence-electron chi connectivity index (χ3n) is 4.63. The SMILES string of the molecule is CC(=O)N1CCc2c(cn(-c3ccc(F)cc3)c(=O)c2C(=O)NCC(F)(F)F)C1. The maximum absolute atomic E-state index is 13.2. The molecule has 0 radical (unpaired) electrons. The van der Waals surface area contributed by atoms with Gasteiger partial charge in [0.1, 0.15) is 17.9 Å². The molecular weight excluding hydrogens is 394 g/mol. The topological polar surface area (TPSA) is 71.4 Å². The Morgan fingerprint density at radius 3 is 2.41 bits per heavy atom.